The number of benzene rings is 1. The molecule has 6 heteroatoms. The smallest absolute Gasteiger partial charge is 0.224 e. The summed E-state index contributed by atoms with van der Waals surface area (Å²) in [4.78, 5) is 22.9. The number of nitrogens with one attached hydrogen (secondary N) is 1. The minimum Gasteiger partial charge on any atom is -0.326 e. The molecule has 0 bridgehead atoms. The lowest BCUT2D eigenvalue weighted by Crippen LogP contribution is -2.17. The monoisotopic (exact) mass is 354 g/mol. The van der Waals surface area contributed by atoms with Crippen LogP contribution in [0.3, 0.4) is 0 Å². The normalized spacial score (nSPS) is 12.9. The zero-order valence-corrected chi connectivity index (χ0v) is 15.3. The lowest BCUT2D eigenvalue weighted by molar-refractivity contribution is -0.116. The number of aromatic nitrogens is 1. The molecule has 2 aromatic rings. The Hall–Kier alpha value is -2.60. The molecule has 1 N–H and O–H groups in total. The first-order valence-corrected chi connectivity index (χ1v) is 8.70. The van der Waals surface area contributed by atoms with Crippen LogP contribution in [0.15, 0.2) is 35.5 Å². The van der Waals surface area contributed by atoms with Gasteiger partial charge in [-0.3, -0.25) is 4.79 Å². The largest absolute Gasteiger partial charge is 0.326 e. The maximum atomic E-state index is 14.3. The van der Waals surface area contributed by atoms with Gasteiger partial charge < -0.3 is 10.2 Å². The number of carbonyl (C=O) groups excluding carboxylic acids is 1. The number of aryl methyl sites for hydroxylation is 1. The molecule has 0 atom stereocenters. The van der Waals surface area contributed by atoms with Crippen LogP contribution in [0.1, 0.15) is 29.5 Å². The number of anilines is 1. The SMILES string of the molecule is Cc1cnc2c(c1)CC(c1cc(NC(=O)CCCN(C)C)ccc1F)=N2. The van der Waals surface area contributed by atoms with Crippen LogP contribution in [0.4, 0.5) is 15.9 Å². The van der Waals surface area contributed by atoms with Crippen LogP contribution in [0.5, 0.6) is 0 Å². The molecular weight excluding hydrogens is 331 g/mol. The van der Waals surface area contributed by atoms with Crippen molar-refractivity contribution in [2.45, 2.75) is 26.2 Å². The summed E-state index contributed by atoms with van der Waals surface area (Å²) in [5.74, 6) is 0.223. The summed E-state index contributed by atoms with van der Waals surface area (Å²) in [6.07, 6.45) is 3.51. The van der Waals surface area contributed by atoms with E-state index in [1.54, 1.807) is 18.3 Å². The van der Waals surface area contributed by atoms with Gasteiger partial charge in [0.1, 0.15) is 5.82 Å². The van der Waals surface area contributed by atoms with Crippen LogP contribution >= 0.6 is 0 Å². The molecule has 0 radical (unpaired) electrons. The van der Waals surface area contributed by atoms with Crippen molar-refractivity contribution in [1.82, 2.24) is 9.88 Å². The molecule has 5 nitrogen and oxygen atoms in total. The molecule has 0 spiro atoms. The van der Waals surface area contributed by atoms with E-state index in [1.165, 1.54) is 6.07 Å². The first-order chi connectivity index (χ1) is 12.4. The van der Waals surface area contributed by atoms with Crippen LogP contribution in [0.25, 0.3) is 0 Å². The molecule has 1 aromatic carbocycles. The van der Waals surface area contributed by atoms with Gasteiger partial charge in [-0.25, -0.2) is 14.4 Å². The molecule has 1 aromatic heterocycles. The Morgan fingerprint density at radius 1 is 1.31 bits per heavy atom. The van der Waals surface area contributed by atoms with Crippen molar-refractivity contribution in [1.29, 1.82) is 0 Å². The third-order valence-corrected chi connectivity index (χ3v) is 4.25. The van der Waals surface area contributed by atoms with Crippen molar-refractivity contribution in [2.24, 2.45) is 4.99 Å². The number of amides is 1. The van der Waals surface area contributed by atoms with Crippen molar-refractivity contribution in [3.63, 3.8) is 0 Å². The third-order valence-electron chi connectivity index (χ3n) is 4.25. The molecule has 1 amide bonds. The fourth-order valence-corrected chi connectivity index (χ4v) is 2.96. The molecule has 0 saturated carbocycles. The van der Waals surface area contributed by atoms with Gasteiger partial charge in [0.15, 0.2) is 5.82 Å². The molecule has 26 heavy (non-hydrogen) atoms. The lowest BCUT2D eigenvalue weighted by Gasteiger charge is -2.10. The van der Waals surface area contributed by atoms with E-state index in [4.69, 9.17) is 0 Å². The molecule has 1 aliphatic rings. The Kier molecular flexibility index (Phi) is 5.42. The highest BCUT2D eigenvalue weighted by Crippen LogP contribution is 2.29. The highest BCUT2D eigenvalue weighted by molar-refractivity contribution is 6.07. The van der Waals surface area contributed by atoms with Crippen molar-refractivity contribution in [3.05, 3.63) is 53.0 Å². The molecule has 2 heterocycles. The summed E-state index contributed by atoms with van der Waals surface area (Å²) in [6, 6.07) is 6.62. The Bertz CT molecular complexity index is 861. The topological polar surface area (TPSA) is 57.6 Å². The average Bonchev–Trinajstić information content (AvgIpc) is 2.99. The minimum atomic E-state index is -0.348. The van der Waals surface area contributed by atoms with Gasteiger partial charge in [0, 0.05) is 35.9 Å². The summed E-state index contributed by atoms with van der Waals surface area (Å²) < 4.78 is 14.3. The molecule has 3 rings (SSSR count). The zero-order valence-electron chi connectivity index (χ0n) is 15.3. The van der Waals surface area contributed by atoms with Crippen LogP contribution < -0.4 is 5.32 Å². The van der Waals surface area contributed by atoms with Crippen LogP contribution in [-0.2, 0) is 11.2 Å². The number of hydrogen-bond donors (Lipinski definition) is 1. The number of nitrogens with zero attached hydrogens (tertiary/aromatic N) is 3. The van der Waals surface area contributed by atoms with E-state index in [2.05, 4.69) is 15.3 Å². The van der Waals surface area contributed by atoms with Crippen molar-refractivity contribution >= 4 is 23.1 Å². The Balaban J connectivity index is 1.72. The Morgan fingerprint density at radius 2 is 2.12 bits per heavy atom. The van der Waals surface area contributed by atoms with Gasteiger partial charge in [0.25, 0.3) is 0 Å². The van der Waals surface area contributed by atoms with Crippen LogP contribution in [0.2, 0.25) is 0 Å². The quantitative estimate of drug-likeness (QED) is 0.864. The zero-order chi connectivity index (χ0) is 18.7. The second kappa shape index (κ2) is 7.74. The second-order valence-corrected chi connectivity index (χ2v) is 6.88. The number of halogens is 1. The molecule has 136 valence electrons. The van der Waals surface area contributed by atoms with Crippen LogP contribution in [-0.4, -0.2) is 42.1 Å². The maximum Gasteiger partial charge on any atom is 0.224 e. The molecule has 0 unspecified atom stereocenters. The van der Waals surface area contributed by atoms with Gasteiger partial charge in [-0.05, 0) is 57.7 Å². The standard InChI is InChI=1S/C20H23FN4O/c1-13-9-14-10-18(24-20(14)22-12-13)16-11-15(6-7-17(16)21)23-19(26)5-4-8-25(2)3/h6-7,9,11-12H,4-5,8,10H2,1-3H3,(H,23,26). The first kappa shape index (κ1) is 18.2. The van der Waals surface area contributed by atoms with E-state index in [1.807, 2.05) is 32.0 Å². The minimum absolute atomic E-state index is 0.0710. The highest BCUT2D eigenvalue weighted by Gasteiger charge is 2.20. The average molecular weight is 354 g/mol. The van der Waals surface area contributed by atoms with E-state index in [9.17, 15) is 9.18 Å². The van der Waals surface area contributed by atoms with Crippen LogP contribution in [0, 0.1) is 12.7 Å². The van der Waals surface area contributed by atoms with Gasteiger partial charge >= 0.3 is 0 Å². The number of aliphatic imine (C=N–C) groups is 1. The predicted molar refractivity (Wildman–Crippen MR) is 102 cm³/mol. The van der Waals surface area contributed by atoms with Gasteiger partial charge in [-0.2, -0.15) is 0 Å². The number of pyridine rings is 1. The summed E-state index contributed by atoms with van der Waals surface area (Å²) in [5, 5.41) is 2.84. The Labute approximate surface area is 153 Å². The van der Waals surface area contributed by atoms with Gasteiger partial charge in [0.2, 0.25) is 5.91 Å². The summed E-state index contributed by atoms with van der Waals surface area (Å²) >= 11 is 0. The predicted octanol–water partition coefficient (Wildman–Crippen LogP) is 3.49. The fraction of sp³-hybridized carbons (Fsp3) is 0.350. The summed E-state index contributed by atoms with van der Waals surface area (Å²) in [5.41, 5.74) is 3.68. The number of carbonyl (C=O) groups is 1. The third kappa shape index (κ3) is 4.32. The fourth-order valence-electron chi connectivity index (χ4n) is 2.96. The number of hydrogen-bond acceptors (Lipinski definition) is 4. The van der Waals surface area contributed by atoms with Crippen molar-refractivity contribution in [3.8, 4) is 0 Å². The van der Waals surface area contributed by atoms with Crippen molar-refractivity contribution < 1.29 is 9.18 Å². The number of fused-ring (bicyclic) bond motifs is 1. The summed E-state index contributed by atoms with van der Waals surface area (Å²) in [7, 11) is 3.95. The van der Waals surface area contributed by atoms with E-state index in [0.717, 1.165) is 24.1 Å². The molecular formula is C20H23FN4O. The van der Waals surface area contributed by atoms with E-state index >= 15 is 0 Å². The highest BCUT2D eigenvalue weighted by atomic mass is 19.1. The van der Waals surface area contributed by atoms with Gasteiger partial charge in [0.05, 0.1) is 5.71 Å². The lowest BCUT2D eigenvalue weighted by atomic mass is 10.0. The maximum absolute atomic E-state index is 14.3. The van der Waals surface area contributed by atoms with E-state index in [-0.39, 0.29) is 11.7 Å². The summed E-state index contributed by atoms with van der Waals surface area (Å²) in [6.45, 7) is 2.82. The molecule has 0 saturated heterocycles. The molecule has 0 fully saturated rings. The van der Waals surface area contributed by atoms with Crippen molar-refractivity contribution in [2.75, 3.05) is 26.0 Å². The molecule has 1 aliphatic heterocycles. The number of rotatable bonds is 6. The second-order valence-electron chi connectivity index (χ2n) is 6.88. The van der Waals surface area contributed by atoms with E-state index < -0.39 is 0 Å². The Morgan fingerprint density at radius 3 is 2.88 bits per heavy atom. The van der Waals surface area contributed by atoms with E-state index in [0.29, 0.717) is 35.6 Å². The van der Waals surface area contributed by atoms with Gasteiger partial charge in [-0.1, -0.05) is 6.07 Å². The van der Waals surface area contributed by atoms with Gasteiger partial charge in [-0.15, -0.1) is 0 Å². The first-order valence-electron chi connectivity index (χ1n) is 8.70. The molecule has 0 aliphatic carbocycles.